The van der Waals surface area contributed by atoms with Gasteiger partial charge in [0.15, 0.2) is 0 Å². The SMILES string of the molecule is CC(C)c1cncnc1N1CCC(N2CCC[C@@H](C(=O)N3CCOCC3)C2)CC1. The van der Waals surface area contributed by atoms with Crippen LogP contribution in [0.3, 0.4) is 0 Å². The highest BCUT2D eigenvalue weighted by molar-refractivity contribution is 5.79. The van der Waals surface area contributed by atoms with Gasteiger partial charge < -0.3 is 14.5 Å². The number of ether oxygens (including phenoxy) is 1. The lowest BCUT2D eigenvalue weighted by atomic mass is 9.92. The maximum absolute atomic E-state index is 12.9. The molecule has 1 amide bonds. The van der Waals surface area contributed by atoms with E-state index >= 15 is 0 Å². The number of anilines is 1. The van der Waals surface area contributed by atoms with Gasteiger partial charge in [0.25, 0.3) is 0 Å². The van der Waals surface area contributed by atoms with Crippen molar-refractivity contribution in [1.29, 1.82) is 0 Å². The standard InChI is InChI=1S/C22H35N5O2/c1-17(2)20-14-23-16-24-21(20)25-8-5-19(6-9-25)27-7-3-4-18(15-27)22(28)26-10-12-29-13-11-26/h14,16-19H,3-13,15H2,1-2H3/t18-/m1/s1. The highest BCUT2D eigenvalue weighted by Gasteiger charge is 2.34. The Kier molecular flexibility index (Phi) is 6.65. The second-order valence-electron chi connectivity index (χ2n) is 8.95. The van der Waals surface area contributed by atoms with E-state index in [1.165, 1.54) is 5.56 Å². The number of rotatable bonds is 4. The van der Waals surface area contributed by atoms with Crippen LogP contribution < -0.4 is 4.90 Å². The number of nitrogens with zero attached hydrogens (tertiary/aromatic N) is 5. The lowest BCUT2D eigenvalue weighted by molar-refractivity contribution is -0.141. The van der Waals surface area contributed by atoms with Gasteiger partial charge in [0.2, 0.25) is 5.91 Å². The normalized spacial score (nSPS) is 24.9. The molecule has 0 spiro atoms. The van der Waals surface area contributed by atoms with Crippen molar-refractivity contribution >= 4 is 11.7 Å². The highest BCUT2D eigenvalue weighted by Crippen LogP contribution is 2.29. The van der Waals surface area contributed by atoms with Crippen LogP contribution in [-0.2, 0) is 9.53 Å². The molecule has 0 N–H and O–H groups in total. The van der Waals surface area contributed by atoms with Gasteiger partial charge in [0.1, 0.15) is 12.1 Å². The van der Waals surface area contributed by atoms with Crippen molar-refractivity contribution in [3.8, 4) is 0 Å². The largest absolute Gasteiger partial charge is 0.378 e. The first-order chi connectivity index (χ1) is 14.1. The van der Waals surface area contributed by atoms with E-state index in [-0.39, 0.29) is 5.92 Å². The molecule has 0 saturated carbocycles. The summed E-state index contributed by atoms with van der Waals surface area (Å²) in [5.74, 6) is 2.04. The first kappa shape index (κ1) is 20.5. The van der Waals surface area contributed by atoms with Gasteiger partial charge in [-0.1, -0.05) is 13.8 Å². The first-order valence-electron chi connectivity index (χ1n) is 11.3. The third-order valence-corrected chi connectivity index (χ3v) is 6.75. The zero-order valence-corrected chi connectivity index (χ0v) is 17.9. The van der Waals surface area contributed by atoms with Gasteiger partial charge in [-0.3, -0.25) is 9.69 Å². The highest BCUT2D eigenvalue weighted by atomic mass is 16.5. The maximum atomic E-state index is 12.9. The Labute approximate surface area is 174 Å². The summed E-state index contributed by atoms with van der Waals surface area (Å²) in [5.41, 5.74) is 1.24. The van der Waals surface area contributed by atoms with Crippen LogP contribution in [0.25, 0.3) is 0 Å². The number of morpholine rings is 1. The van der Waals surface area contributed by atoms with Gasteiger partial charge in [0.05, 0.1) is 19.1 Å². The van der Waals surface area contributed by atoms with E-state index in [0.29, 0.717) is 31.1 Å². The van der Waals surface area contributed by atoms with Crippen LogP contribution in [0, 0.1) is 5.92 Å². The molecule has 0 bridgehead atoms. The molecule has 4 heterocycles. The molecule has 160 valence electrons. The summed E-state index contributed by atoms with van der Waals surface area (Å²) in [5, 5.41) is 0. The first-order valence-corrected chi connectivity index (χ1v) is 11.3. The van der Waals surface area contributed by atoms with Crippen molar-refractivity contribution in [2.24, 2.45) is 5.92 Å². The predicted octanol–water partition coefficient (Wildman–Crippen LogP) is 2.14. The van der Waals surface area contributed by atoms with Gasteiger partial charge >= 0.3 is 0 Å². The average Bonchev–Trinajstić information content (AvgIpc) is 2.79. The Morgan fingerprint density at radius 3 is 2.59 bits per heavy atom. The molecule has 4 rings (SSSR count). The number of hydrogen-bond donors (Lipinski definition) is 0. The van der Waals surface area contributed by atoms with Crippen LogP contribution in [0.4, 0.5) is 5.82 Å². The summed E-state index contributed by atoms with van der Waals surface area (Å²) >= 11 is 0. The number of carbonyl (C=O) groups excluding carboxylic acids is 1. The van der Waals surface area contributed by atoms with Crippen molar-refractivity contribution in [1.82, 2.24) is 19.8 Å². The molecular formula is C22H35N5O2. The number of aromatic nitrogens is 2. The number of carbonyl (C=O) groups is 1. The third kappa shape index (κ3) is 4.72. The average molecular weight is 402 g/mol. The minimum Gasteiger partial charge on any atom is -0.378 e. The molecule has 3 aliphatic heterocycles. The summed E-state index contributed by atoms with van der Waals surface area (Å²) in [6, 6.07) is 0.580. The van der Waals surface area contributed by atoms with Gasteiger partial charge in [-0.2, -0.15) is 0 Å². The van der Waals surface area contributed by atoms with Crippen LogP contribution in [-0.4, -0.2) is 84.2 Å². The lowest BCUT2D eigenvalue weighted by Gasteiger charge is -2.43. The van der Waals surface area contributed by atoms with Gasteiger partial charge in [-0.25, -0.2) is 9.97 Å². The van der Waals surface area contributed by atoms with Crippen LogP contribution >= 0.6 is 0 Å². The maximum Gasteiger partial charge on any atom is 0.227 e. The fraction of sp³-hybridized carbons (Fsp3) is 0.773. The van der Waals surface area contributed by atoms with Crippen LogP contribution in [0.1, 0.15) is 51.0 Å². The fourth-order valence-electron chi connectivity index (χ4n) is 5.03. The Morgan fingerprint density at radius 2 is 1.86 bits per heavy atom. The molecule has 3 saturated heterocycles. The number of hydrogen-bond acceptors (Lipinski definition) is 6. The molecular weight excluding hydrogens is 366 g/mol. The Bertz CT molecular complexity index is 684. The van der Waals surface area contributed by atoms with E-state index in [1.807, 2.05) is 11.1 Å². The third-order valence-electron chi connectivity index (χ3n) is 6.75. The molecule has 0 aliphatic carbocycles. The topological polar surface area (TPSA) is 61.8 Å². The molecule has 7 nitrogen and oxygen atoms in total. The summed E-state index contributed by atoms with van der Waals surface area (Å²) < 4.78 is 5.41. The molecule has 1 aromatic rings. The van der Waals surface area contributed by atoms with E-state index in [2.05, 4.69) is 33.6 Å². The predicted molar refractivity (Wildman–Crippen MR) is 113 cm³/mol. The fourth-order valence-corrected chi connectivity index (χ4v) is 5.03. The quantitative estimate of drug-likeness (QED) is 0.770. The second kappa shape index (κ2) is 9.39. The Hall–Kier alpha value is -1.73. The van der Waals surface area contributed by atoms with Gasteiger partial charge in [0, 0.05) is 50.5 Å². The number of piperidine rings is 2. The van der Waals surface area contributed by atoms with E-state index in [0.717, 1.165) is 70.8 Å². The van der Waals surface area contributed by atoms with Crippen molar-refractivity contribution < 1.29 is 9.53 Å². The van der Waals surface area contributed by atoms with Crippen molar-refractivity contribution in [2.75, 3.05) is 57.4 Å². The van der Waals surface area contributed by atoms with Gasteiger partial charge in [-0.15, -0.1) is 0 Å². The monoisotopic (exact) mass is 401 g/mol. The Balaban J connectivity index is 1.33. The molecule has 3 aliphatic rings. The molecule has 0 radical (unpaired) electrons. The second-order valence-corrected chi connectivity index (χ2v) is 8.95. The molecule has 1 atom stereocenters. The van der Waals surface area contributed by atoms with E-state index in [1.54, 1.807) is 6.33 Å². The number of amides is 1. The van der Waals surface area contributed by atoms with E-state index < -0.39 is 0 Å². The smallest absolute Gasteiger partial charge is 0.227 e. The summed E-state index contributed by atoms with van der Waals surface area (Å²) in [6.45, 7) is 11.4. The lowest BCUT2D eigenvalue weighted by Crippen LogP contribution is -2.52. The van der Waals surface area contributed by atoms with Crippen LogP contribution in [0.5, 0.6) is 0 Å². The number of likely N-dealkylation sites (tertiary alicyclic amines) is 1. The van der Waals surface area contributed by atoms with Crippen molar-refractivity contribution in [3.63, 3.8) is 0 Å². The molecule has 7 heteroatoms. The van der Waals surface area contributed by atoms with E-state index in [9.17, 15) is 4.79 Å². The van der Waals surface area contributed by atoms with Crippen LogP contribution in [0.15, 0.2) is 12.5 Å². The van der Waals surface area contributed by atoms with Crippen LogP contribution in [0.2, 0.25) is 0 Å². The Morgan fingerprint density at radius 1 is 1.10 bits per heavy atom. The minimum absolute atomic E-state index is 0.161. The van der Waals surface area contributed by atoms with Crippen molar-refractivity contribution in [3.05, 3.63) is 18.1 Å². The zero-order chi connectivity index (χ0) is 20.2. The molecule has 0 unspecified atom stereocenters. The minimum atomic E-state index is 0.161. The summed E-state index contributed by atoms with van der Waals surface area (Å²) in [4.78, 5) is 28.8. The van der Waals surface area contributed by atoms with Crippen molar-refractivity contribution in [2.45, 2.75) is 51.5 Å². The summed E-state index contributed by atoms with van der Waals surface area (Å²) in [6.07, 6.45) is 8.07. The zero-order valence-electron chi connectivity index (χ0n) is 17.9. The molecule has 0 aromatic carbocycles. The van der Waals surface area contributed by atoms with E-state index in [4.69, 9.17) is 4.74 Å². The molecule has 29 heavy (non-hydrogen) atoms. The van der Waals surface area contributed by atoms with Gasteiger partial charge in [-0.05, 0) is 38.1 Å². The molecule has 3 fully saturated rings. The molecule has 1 aromatic heterocycles. The summed E-state index contributed by atoms with van der Waals surface area (Å²) in [7, 11) is 0.